The summed E-state index contributed by atoms with van der Waals surface area (Å²) in [5.74, 6) is -0.356. The molecule has 0 aromatic heterocycles. The number of aliphatic hydroxyl groups excluding tert-OH is 1. The van der Waals surface area contributed by atoms with Crippen molar-refractivity contribution in [1.29, 1.82) is 0 Å². The minimum atomic E-state index is -0.411. The van der Waals surface area contributed by atoms with Crippen molar-refractivity contribution in [2.24, 2.45) is 0 Å². The first kappa shape index (κ1) is 8.81. The van der Waals surface area contributed by atoms with Crippen LogP contribution in [-0.4, -0.2) is 17.7 Å². The summed E-state index contributed by atoms with van der Waals surface area (Å²) in [4.78, 5) is 11.1. The van der Waals surface area contributed by atoms with Gasteiger partial charge in [-0.2, -0.15) is 0 Å². The monoisotopic (exact) mass is 190 g/mol. The molecule has 3 nitrogen and oxygen atoms in total. The molecule has 0 fully saturated rings. The molecule has 1 heterocycles. The van der Waals surface area contributed by atoms with Gasteiger partial charge in [-0.3, -0.25) is 0 Å². The summed E-state index contributed by atoms with van der Waals surface area (Å²) >= 11 is 0. The Hall–Kier alpha value is -1.77. The number of carbonyl (C=O) groups is 1. The molecule has 72 valence electrons. The Balaban J connectivity index is 2.19. The molecule has 0 saturated heterocycles. The average molecular weight is 190 g/mol. The van der Waals surface area contributed by atoms with E-state index in [-0.39, 0.29) is 12.4 Å². The second-order valence-electron chi connectivity index (χ2n) is 3.16. The summed E-state index contributed by atoms with van der Waals surface area (Å²) < 4.78 is 4.69. The summed E-state index contributed by atoms with van der Waals surface area (Å²) in [7, 11) is 0. The van der Waals surface area contributed by atoms with Crippen LogP contribution in [0.1, 0.15) is 5.56 Å². The Kier molecular flexibility index (Phi) is 2.23. The number of carbonyl (C=O) groups excluding carboxylic acids is 1. The van der Waals surface area contributed by atoms with Crippen LogP contribution in [0.15, 0.2) is 41.7 Å². The van der Waals surface area contributed by atoms with Crippen LogP contribution < -0.4 is 0 Å². The van der Waals surface area contributed by atoms with Crippen molar-refractivity contribution >= 4 is 5.97 Å². The van der Waals surface area contributed by atoms with Gasteiger partial charge in [0.2, 0.25) is 0 Å². The van der Waals surface area contributed by atoms with E-state index in [0.29, 0.717) is 12.0 Å². The van der Waals surface area contributed by atoms with E-state index < -0.39 is 5.97 Å². The number of hydrogen-bond acceptors (Lipinski definition) is 3. The van der Waals surface area contributed by atoms with E-state index in [4.69, 9.17) is 0 Å². The average Bonchev–Trinajstić information content (AvgIpc) is 2.51. The summed E-state index contributed by atoms with van der Waals surface area (Å²) in [6, 6.07) is 9.52. The third-order valence-corrected chi connectivity index (χ3v) is 2.16. The molecule has 0 radical (unpaired) electrons. The normalized spacial score (nSPS) is 15.9. The number of rotatable bonds is 2. The molecule has 0 aliphatic carbocycles. The fraction of sp³-hybridized carbons (Fsp3) is 0.182. The molecule has 0 amide bonds. The highest BCUT2D eigenvalue weighted by Gasteiger charge is 2.24. The summed E-state index contributed by atoms with van der Waals surface area (Å²) in [6.07, 6.45) is 0.436. The van der Waals surface area contributed by atoms with E-state index in [1.165, 1.54) is 0 Å². The summed E-state index contributed by atoms with van der Waals surface area (Å²) in [5.41, 5.74) is 1.36. The Morgan fingerprint density at radius 1 is 1.29 bits per heavy atom. The molecule has 0 spiro atoms. The van der Waals surface area contributed by atoms with Gasteiger partial charge < -0.3 is 9.84 Å². The summed E-state index contributed by atoms with van der Waals surface area (Å²) in [6.45, 7) is 0.0149. The predicted octanol–water partition coefficient (Wildman–Crippen LogP) is 1.60. The van der Waals surface area contributed by atoms with Crippen LogP contribution in [0.25, 0.3) is 0 Å². The van der Waals surface area contributed by atoms with Crippen molar-refractivity contribution < 1.29 is 14.6 Å². The van der Waals surface area contributed by atoms with Crippen molar-refractivity contribution in [2.45, 2.75) is 6.42 Å². The Morgan fingerprint density at radius 3 is 2.57 bits per heavy atom. The van der Waals surface area contributed by atoms with Gasteiger partial charge in [-0.15, -0.1) is 0 Å². The first-order valence-electron chi connectivity index (χ1n) is 4.39. The topological polar surface area (TPSA) is 46.5 Å². The van der Waals surface area contributed by atoms with E-state index in [1.807, 2.05) is 30.3 Å². The molecule has 0 bridgehead atoms. The fourth-order valence-corrected chi connectivity index (χ4v) is 1.40. The molecule has 0 saturated carbocycles. The number of aliphatic hydroxyl groups is 1. The minimum Gasteiger partial charge on any atom is -0.508 e. The predicted molar refractivity (Wildman–Crippen MR) is 50.8 cm³/mol. The van der Waals surface area contributed by atoms with Crippen LogP contribution >= 0.6 is 0 Å². The van der Waals surface area contributed by atoms with Gasteiger partial charge in [0.05, 0.1) is 5.57 Å². The van der Waals surface area contributed by atoms with E-state index in [9.17, 15) is 9.90 Å². The number of esters is 1. The third-order valence-electron chi connectivity index (χ3n) is 2.16. The molecule has 0 unspecified atom stereocenters. The highest BCUT2D eigenvalue weighted by atomic mass is 16.5. The molecule has 1 N–H and O–H groups in total. The quantitative estimate of drug-likeness (QED) is 0.720. The zero-order valence-corrected chi connectivity index (χ0v) is 7.56. The van der Waals surface area contributed by atoms with E-state index >= 15 is 0 Å². The Morgan fingerprint density at radius 2 is 2.00 bits per heavy atom. The van der Waals surface area contributed by atoms with Crippen molar-refractivity contribution in [2.75, 3.05) is 6.61 Å². The maximum atomic E-state index is 11.1. The van der Waals surface area contributed by atoms with Gasteiger partial charge in [0, 0.05) is 6.42 Å². The number of ether oxygens (including phenoxy) is 1. The van der Waals surface area contributed by atoms with Crippen molar-refractivity contribution in [3.63, 3.8) is 0 Å². The Labute approximate surface area is 81.6 Å². The van der Waals surface area contributed by atoms with Crippen LogP contribution in [0.4, 0.5) is 0 Å². The standard InChI is InChI=1S/C11H10O3/c12-10-7-14-11(13)9(10)6-8-4-2-1-3-5-8/h1-5,12H,6-7H2. The van der Waals surface area contributed by atoms with Crippen LogP contribution in [0.5, 0.6) is 0 Å². The van der Waals surface area contributed by atoms with Gasteiger partial charge in [-0.1, -0.05) is 30.3 Å². The van der Waals surface area contributed by atoms with Gasteiger partial charge in [0.1, 0.15) is 12.4 Å². The van der Waals surface area contributed by atoms with E-state index in [2.05, 4.69) is 4.74 Å². The van der Waals surface area contributed by atoms with Gasteiger partial charge in [0.25, 0.3) is 0 Å². The number of cyclic esters (lactones) is 1. The molecule has 1 aliphatic rings. The molecule has 0 atom stereocenters. The lowest BCUT2D eigenvalue weighted by molar-refractivity contribution is -0.136. The van der Waals surface area contributed by atoms with E-state index in [0.717, 1.165) is 5.56 Å². The highest BCUT2D eigenvalue weighted by molar-refractivity contribution is 5.91. The van der Waals surface area contributed by atoms with Crippen LogP contribution in [0.3, 0.4) is 0 Å². The lowest BCUT2D eigenvalue weighted by atomic mass is 10.1. The highest BCUT2D eigenvalue weighted by Crippen LogP contribution is 2.18. The zero-order chi connectivity index (χ0) is 9.97. The zero-order valence-electron chi connectivity index (χ0n) is 7.56. The lowest BCUT2D eigenvalue weighted by Crippen LogP contribution is -2.02. The number of benzene rings is 1. The van der Waals surface area contributed by atoms with Crippen LogP contribution in [0, 0.1) is 0 Å². The first-order valence-corrected chi connectivity index (χ1v) is 4.39. The van der Waals surface area contributed by atoms with Gasteiger partial charge in [0.15, 0.2) is 0 Å². The Bertz CT molecular complexity index is 379. The maximum absolute atomic E-state index is 11.1. The number of hydrogen-bond donors (Lipinski definition) is 1. The molecule has 3 heteroatoms. The second-order valence-corrected chi connectivity index (χ2v) is 3.16. The molecule has 1 aliphatic heterocycles. The molecule has 1 aromatic rings. The molecule has 14 heavy (non-hydrogen) atoms. The van der Waals surface area contributed by atoms with Crippen molar-refractivity contribution in [3.05, 3.63) is 47.2 Å². The van der Waals surface area contributed by atoms with Crippen LogP contribution in [0.2, 0.25) is 0 Å². The maximum Gasteiger partial charge on any atom is 0.338 e. The lowest BCUT2D eigenvalue weighted by Gasteiger charge is -1.99. The van der Waals surface area contributed by atoms with Gasteiger partial charge >= 0.3 is 5.97 Å². The molecule has 1 aromatic carbocycles. The van der Waals surface area contributed by atoms with E-state index in [1.54, 1.807) is 0 Å². The van der Waals surface area contributed by atoms with Gasteiger partial charge in [-0.25, -0.2) is 4.79 Å². The fourth-order valence-electron chi connectivity index (χ4n) is 1.40. The third kappa shape index (κ3) is 1.62. The van der Waals surface area contributed by atoms with Crippen LogP contribution in [-0.2, 0) is 16.0 Å². The second kappa shape index (κ2) is 3.54. The minimum absolute atomic E-state index is 0.0149. The SMILES string of the molecule is O=C1OCC(O)=C1Cc1ccccc1. The van der Waals surface area contributed by atoms with Gasteiger partial charge in [-0.05, 0) is 5.56 Å². The summed E-state index contributed by atoms with van der Waals surface area (Å²) in [5, 5.41) is 9.35. The molecule has 2 rings (SSSR count). The van der Waals surface area contributed by atoms with Crippen molar-refractivity contribution in [3.8, 4) is 0 Å². The van der Waals surface area contributed by atoms with Crippen molar-refractivity contribution in [1.82, 2.24) is 0 Å². The largest absolute Gasteiger partial charge is 0.508 e. The molecular formula is C11H10O3. The molecular weight excluding hydrogens is 180 g/mol. The first-order chi connectivity index (χ1) is 6.77. The smallest absolute Gasteiger partial charge is 0.338 e.